The largest absolute Gasteiger partial charge is 0.335 e. The number of fused-ring (bicyclic) bond motifs is 1. The van der Waals surface area contributed by atoms with Crippen LogP contribution in [0.3, 0.4) is 0 Å². The summed E-state index contributed by atoms with van der Waals surface area (Å²) in [4.78, 5) is 12.5. The lowest BCUT2D eigenvalue weighted by Gasteiger charge is -2.15. The SMILES string of the molecule is Cc1ccc2c(ccn2C(C)C(=O)Nc2ccc(Br)cc2)c1. The fraction of sp³-hybridized carbons (Fsp3) is 0.167. The number of benzene rings is 2. The Bertz CT molecular complexity index is 821. The predicted molar refractivity (Wildman–Crippen MR) is 94.2 cm³/mol. The summed E-state index contributed by atoms with van der Waals surface area (Å²) in [6, 6.07) is 15.6. The van der Waals surface area contributed by atoms with Crippen LogP contribution in [0, 0.1) is 6.92 Å². The Morgan fingerprint density at radius 3 is 2.59 bits per heavy atom. The second-order valence-corrected chi connectivity index (χ2v) is 6.37. The molecule has 1 heterocycles. The van der Waals surface area contributed by atoms with E-state index < -0.39 is 0 Å². The minimum absolute atomic E-state index is 0.0274. The number of halogens is 1. The Balaban J connectivity index is 1.84. The van der Waals surface area contributed by atoms with Gasteiger partial charge in [0.15, 0.2) is 0 Å². The van der Waals surface area contributed by atoms with Crippen molar-refractivity contribution in [1.82, 2.24) is 4.57 Å². The third-order valence-electron chi connectivity index (χ3n) is 3.78. The van der Waals surface area contributed by atoms with Gasteiger partial charge in [0.05, 0.1) is 0 Å². The number of anilines is 1. The molecule has 3 rings (SSSR count). The maximum absolute atomic E-state index is 12.5. The molecule has 0 aliphatic heterocycles. The highest BCUT2D eigenvalue weighted by Gasteiger charge is 2.16. The summed E-state index contributed by atoms with van der Waals surface area (Å²) in [5.74, 6) is -0.0274. The molecule has 4 heteroatoms. The fourth-order valence-electron chi connectivity index (χ4n) is 2.53. The van der Waals surface area contributed by atoms with Gasteiger partial charge in [-0.2, -0.15) is 0 Å². The van der Waals surface area contributed by atoms with Gasteiger partial charge in [-0.05, 0) is 61.7 Å². The average Bonchev–Trinajstić information content (AvgIpc) is 2.91. The molecule has 0 aliphatic carbocycles. The van der Waals surface area contributed by atoms with Gasteiger partial charge in [-0.25, -0.2) is 0 Å². The van der Waals surface area contributed by atoms with Crippen molar-refractivity contribution in [2.75, 3.05) is 5.32 Å². The molecule has 0 saturated heterocycles. The van der Waals surface area contributed by atoms with Crippen molar-refractivity contribution >= 4 is 38.4 Å². The highest BCUT2D eigenvalue weighted by molar-refractivity contribution is 9.10. The molecule has 1 aromatic heterocycles. The molecule has 3 aromatic rings. The Hall–Kier alpha value is -2.07. The molecule has 0 saturated carbocycles. The molecule has 1 amide bonds. The van der Waals surface area contributed by atoms with E-state index in [1.165, 1.54) is 5.56 Å². The number of nitrogens with zero attached hydrogens (tertiary/aromatic N) is 1. The second-order valence-electron chi connectivity index (χ2n) is 5.46. The molecule has 1 N–H and O–H groups in total. The standard InChI is InChI=1S/C18H17BrN2O/c1-12-3-8-17-14(11-12)9-10-21(17)13(2)18(22)20-16-6-4-15(19)5-7-16/h3-11,13H,1-2H3,(H,20,22). The molecule has 2 aromatic carbocycles. The molecule has 3 nitrogen and oxygen atoms in total. The van der Waals surface area contributed by atoms with E-state index in [1.54, 1.807) is 0 Å². The van der Waals surface area contributed by atoms with Gasteiger partial charge < -0.3 is 9.88 Å². The number of rotatable bonds is 3. The molecule has 0 spiro atoms. The first kappa shape index (κ1) is 14.9. The number of carbonyl (C=O) groups excluding carboxylic acids is 1. The van der Waals surface area contributed by atoms with Gasteiger partial charge in [-0.3, -0.25) is 4.79 Å². The zero-order chi connectivity index (χ0) is 15.7. The van der Waals surface area contributed by atoms with Crippen molar-refractivity contribution in [3.63, 3.8) is 0 Å². The van der Waals surface area contributed by atoms with E-state index in [9.17, 15) is 4.79 Å². The first-order chi connectivity index (χ1) is 10.5. The normalized spacial score (nSPS) is 12.3. The van der Waals surface area contributed by atoms with Gasteiger partial charge in [0.1, 0.15) is 6.04 Å². The molecule has 1 unspecified atom stereocenters. The average molecular weight is 357 g/mol. The number of aromatic nitrogens is 1. The van der Waals surface area contributed by atoms with Crippen molar-refractivity contribution in [2.45, 2.75) is 19.9 Å². The summed E-state index contributed by atoms with van der Waals surface area (Å²) in [5, 5.41) is 4.11. The highest BCUT2D eigenvalue weighted by atomic mass is 79.9. The number of hydrogen-bond donors (Lipinski definition) is 1. The zero-order valence-electron chi connectivity index (χ0n) is 12.5. The summed E-state index contributed by atoms with van der Waals surface area (Å²) in [6.07, 6.45) is 1.97. The van der Waals surface area contributed by atoms with Gasteiger partial charge in [-0.1, -0.05) is 27.6 Å². The van der Waals surface area contributed by atoms with Gasteiger partial charge >= 0.3 is 0 Å². The number of nitrogens with one attached hydrogen (secondary N) is 1. The molecular formula is C18H17BrN2O. The molecule has 0 radical (unpaired) electrons. The third kappa shape index (κ3) is 2.92. The maximum Gasteiger partial charge on any atom is 0.247 e. The van der Waals surface area contributed by atoms with E-state index >= 15 is 0 Å². The van der Waals surface area contributed by atoms with Crippen LogP contribution in [0.15, 0.2) is 59.2 Å². The summed E-state index contributed by atoms with van der Waals surface area (Å²) in [7, 11) is 0. The van der Waals surface area contributed by atoms with Crippen LogP contribution < -0.4 is 5.32 Å². The Morgan fingerprint density at radius 2 is 1.86 bits per heavy atom. The number of amides is 1. The first-order valence-corrected chi connectivity index (χ1v) is 7.97. The molecule has 0 fully saturated rings. The van der Waals surface area contributed by atoms with Gasteiger partial charge in [0.25, 0.3) is 0 Å². The summed E-state index contributed by atoms with van der Waals surface area (Å²) in [6.45, 7) is 3.98. The lowest BCUT2D eigenvalue weighted by molar-refractivity contribution is -0.118. The quantitative estimate of drug-likeness (QED) is 0.710. The van der Waals surface area contributed by atoms with Crippen LogP contribution in [0.1, 0.15) is 18.5 Å². The number of carbonyl (C=O) groups is 1. The predicted octanol–water partition coefficient (Wildman–Crippen LogP) is 4.91. The number of hydrogen-bond acceptors (Lipinski definition) is 1. The summed E-state index contributed by atoms with van der Waals surface area (Å²) >= 11 is 3.39. The van der Waals surface area contributed by atoms with E-state index in [-0.39, 0.29) is 11.9 Å². The van der Waals surface area contributed by atoms with Crippen LogP contribution in [-0.4, -0.2) is 10.5 Å². The van der Waals surface area contributed by atoms with E-state index in [0.717, 1.165) is 21.1 Å². The van der Waals surface area contributed by atoms with Crippen LogP contribution >= 0.6 is 15.9 Å². The Labute approximate surface area is 138 Å². The molecule has 22 heavy (non-hydrogen) atoms. The lowest BCUT2D eigenvalue weighted by atomic mass is 10.2. The Kier molecular flexibility index (Phi) is 4.03. The second kappa shape index (κ2) is 5.97. The minimum atomic E-state index is -0.274. The van der Waals surface area contributed by atoms with Gasteiger partial charge in [0.2, 0.25) is 5.91 Å². The maximum atomic E-state index is 12.5. The van der Waals surface area contributed by atoms with Crippen LogP contribution in [0.25, 0.3) is 10.9 Å². The molecule has 0 bridgehead atoms. The monoisotopic (exact) mass is 356 g/mol. The minimum Gasteiger partial charge on any atom is -0.335 e. The van der Waals surface area contributed by atoms with Crippen molar-refractivity contribution in [1.29, 1.82) is 0 Å². The van der Waals surface area contributed by atoms with Crippen LogP contribution in [-0.2, 0) is 4.79 Å². The zero-order valence-corrected chi connectivity index (χ0v) is 14.1. The van der Waals surface area contributed by atoms with Gasteiger partial charge in [-0.15, -0.1) is 0 Å². The van der Waals surface area contributed by atoms with Crippen LogP contribution in [0.4, 0.5) is 5.69 Å². The molecule has 112 valence electrons. The highest BCUT2D eigenvalue weighted by Crippen LogP contribution is 2.22. The molecular weight excluding hydrogens is 340 g/mol. The summed E-state index contributed by atoms with van der Waals surface area (Å²) in [5.41, 5.74) is 3.09. The lowest BCUT2D eigenvalue weighted by Crippen LogP contribution is -2.23. The van der Waals surface area contributed by atoms with Crippen molar-refractivity contribution in [3.05, 3.63) is 64.8 Å². The van der Waals surface area contributed by atoms with E-state index in [1.807, 2.05) is 48.0 Å². The molecule has 0 aliphatic rings. The van der Waals surface area contributed by atoms with Crippen LogP contribution in [0.5, 0.6) is 0 Å². The van der Waals surface area contributed by atoms with E-state index in [2.05, 4.69) is 46.4 Å². The van der Waals surface area contributed by atoms with Crippen molar-refractivity contribution in [2.24, 2.45) is 0 Å². The third-order valence-corrected chi connectivity index (χ3v) is 4.31. The summed E-state index contributed by atoms with van der Waals surface area (Å²) < 4.78 is 2.99. The van der Waals surface area contributed by atoms with E-state index in [4.69, 9.17) is 0 Å². The van der Waals surface area contributed by atoms with Crippen LogP contribution in [0.2, 0.25) is 0 Å². The van der Waals surface area contributed by atoms with Gasteiger partial charge in [0, 0.05) is 21.9 Å². The fourth-order valence-corrected chi connectivity index (χ4v) is 2.79. The van der Waals surface area contributed by atoms with Crippen molar-refractivity contribution in [3.8, 4) is 0 Å². The van der Waals surface area contributed by atoms with Crippen molar-refractivity contribution < 1.29 is 4.79 Å². The first-order valence-electron chi connectivity index (χ1n) is 7.18. The van der Waals surface area contributed by atoms with E-state index in [0.29, 0.717) is 0 Å². The smallest absolute Gasteiger partial charge is 0.247 e. The Morgan fingerprint density at radius 1 is 1.14 bits per heavy atom. The topological polar surface area (TPSA) is 34.0 Å². The molecule has 1 atom stereocenters. The number of aryl methyl sites for hydroxylation is 1.